The van der Waals surface area contributed by atoms with Crippen molar-refractivity contribution < 1.29 is 9.47 Å². The Morgan fingerprint density at radius 3 is 2.43 bits per heavy atom. The molecule has 0 atom stereocenters. The minimum atomic E-state index is 0.644. The predicted molar refractivity (Wildman–Crippen MR) is 86.5 cm³/mol. The predicted octanol–water partition coefficient (Wildman–Crippen LogP) is 1.92. The third-order valence-electron chi connectivity index (χ3n) is 2.84. The van der Waals surface area contributed by atoms with E-state index in [1.807, 2.05) is 6.92 Å². The Kier molecular flexibility index (Phi) is 9.24. The molecule has 21 heavy (non-hydrogen) atoms. The van der Waals surface area contributed by atoms with E-state index in [9.17, 15) is 0 Å². The summed E-state index contributed by atoms with van der Waals surface area (Å²) in [6, 6.07) is 8.32. The number of nitrogens with zero attached hydrogens (tertiary/aromatic N) is 1. The highest BCUT2D eigenvalue weighted by atomic mass is 16.5. The van der Waals surface area contributed by atoms with E-state index >= 15 is 0 Å². The van der Waals surface area contributed by atoms with E-state index in [4.69, 9.17) is 9.47 Å². The van der Waals surface area contributed by atoms with Crippen LogP contribution in [0.15, 0.2) is 29.3 Å². The van der Waals surface area contributed by atoms with Gasteiger partial charge in [-0.1, -0.05) is 24.3 Å². The van der Waals surface area contributed by atoms with Gasteiger partial charge in [-0.3, -0.25) is 0 Å². The van der Waals surface area contributed by atoms with Crippen LogP contribution in [0, 0.1) is 0 Å². The van der Waals surface area contributed by atoms with E-state index < -0.39 is 0 Å². The molecule has 0 unspecified atom stereocenters. The molecule has 0 radical (unpaired) electrons. The van der Waals surface area contributed by atoms with Crippen molar-refractivity contribution in [2.24, 2.45) is 4.99 Å². The van der Waals surface area contributed by atoms with Crippen LogP contribution >= 0.6 is 0 Å². The van der Waals surface area contributed by atoms with Gasteiger partial charge in [-0.15, -0.1) is 0 Å². The molecule has 0 spiro atoms. The number of nitrogens with one attached hydrogen (secondary N) is 2. The Morgan fingerprint density at radius 2 is 1.81 bits per heavy atom. The molecule has 0 aliphatic rings. The summed E-state index contributed by atoms with van der Waals surface area (Å²) in [7, 11) is 1.70. The fourth-order valence-corrected chi connectivity index (χ4v) is 1.81. The Labute approximate surface area is 127 Å². The third kappa shape index (κ3) is 7.68. The van der Waals surface area contributed by atoms with Crippen molar-refractivity contribution in [3.8, 4) is 0 Å². The zero-order chi connectivity index (χ0) is 15.3. The third-order valence-corrected chi connectivity index (χ3v) is 2.84. The summed E-state index contributed by atoms with van der Waals surface area (Å²) in [5.41, 5.74) is 2.35. The monoisotopic (exact) mass is 293 g/mol. The summed E-state index contributed by atoms with van der Waals surface area (Å²) in [6.45, 7) is 8.36. The van der Waals surface area contributed by atoms with Gasteiger partial charge in [0, 0.05) is 26.8 Å². The maximum atomic E-state index is 5.30. The first-order chi connectivity index (χ1) is 10.3. The molecule has 0 amide bonds. The number of benzene rings is 1. The first-order valence-corrected chi connectivity index (χ1v) is 7.46. The summed E-state index contributed by atoms with van der Waals surface area (Å²) in [4.78, 5) is 4.56. The van der Waals surface area contributed by atoms with Crippen molar-refractivity contribution in [3.05, 3.63) is 35.4 Å². The maximum absolute atomic E-state index is 5.30. The van der Waals surface area contributed by atoms with Crippen LogP contribution < -0.4 is 10.6 Å². The van der Waals surface area contributed by atoms with Gasteiger partial charge in [0.15, 0.2) is 5.96 Å². The fraction of sp³-hybridized carbons (Fsp3) is 0.562. The van der Waals surface area contributed by atoms with E-state index in [1.165, 1.54) is 11.1 Å². The van der Waals surface area contributed by atoms with Crippen LogP contribution in [0.5, 0.6) is 0 Å². The Hall–Kier alpha value is -1.59. The van der Waals surface area contributed by atoms with E-state index in [2.05, 4.69) is 46.8 Å². The molecule has 0 bridgehead atoms. The molecule has 1 rings (SSSR count). The highest BCUT2D eigenvalue weighted by molar-refractivity contribution is 5.79. The Bertz CT molecular complexity index is 404. The normalized spacial score (nSPS) is 11.5. The highest BCUT2D eigenvalue weighted by Gasteiger charge is 1.98. The van der Waals surface area contributed by atoms with Gasteiger partial charge in [0.25, 0.3) is 0 Å². The molecule has 0 aliphatic carbocycles. The zero-order valence-corrected chi connectivity index (χ0v) is 13.3. The first kappa shape index (κ1) is 17.5. The summed E-state index contributed by atoms with van der Waals surface area (Å²) < 4.78 is 10.4. The molecule has 118 valence electrons. The van der Waals surface area contributed by atoms with Gasteiger partial charge in [-0.2, -0.15) is 0 Å². The topological polar surface area (TPSA) is 54.9 Å². The van der Waals surface area contributed by atoms with Crippen LogP contribution in [-0.4, -0.2) is 39.4 Å². The Morgan fingerprint density at radius 1 is 1.10 bits per heavy atom. The number of hydrogen-bond acceptors (Lipinski definition) is 3. The molecule has 1 aromatic carbocycles. The summed E-state index contributed by atoms with van der Waals surface area (Å²) in [5.74, 6) is 0.818. The van der Waals surface area contributed by atoms with Crippen LogP contribution in [0.3, 0.4) is 0 Å². The number of rotatable bonds is 9. The fourth-order valence-electron chi connectivity index (χ4n) is 1.81. The minimum Gasteiger partial charge on any atom is -0.380 e. The molecular formula is C16H27N3O2. The largest absolute Gasteiger partial charge is 0.380 e. The summed E-state index contributed by atoms with van der Waals surface area (Å²) >= 11 is 0. The van der Waals surface area contributed by atoms with Crippen LogP contribution in [0.4, 0.5) is 0 Å². The second-order valence-corrected chi connectivity index (χ2v) is 4.57. The van der Waals surface area contributed by atoms with Gasteiger partial charge in [0.05, 0.1) is 19.8 Å². The van der Waals surface area contributed by atoms with Gasteiger partial charge in [0.1, 0.15) is 0 Å². The molecule has 0 heterocycles. The average molecular weight is 293 g/mol. The number of ether oxygens (including phenoxy) is 2. The smallest absolute Gasteiger partial charge is 0.191 e. The molecule has 5 heteroatoms. The van der Waals surface area contributed by atoms with E-state index in [-0.39, 0.29) is 0 Å². The second-order valence-electron chi connectivity index (χ2n) is 4.57. The van der Waals surface area contributed by atoms with Crippen LogP contribution in [0.2, 0.25) is 0 Å². The molecular weight excluding hydrogens is 266 g/mol. The lowest BCUT2D eigenvalue weighted by atomic mass is 10.1. The molecule has 5 nitrogen and oxygen atoms in total. The second kappa shape index (κ2) is 11.1. The first-order valence-electron chi connectivity index (χ1n) is 7.46. The lowest BCUT2D eigenvalue weighted by Crippen LogP contribution is -2.39. The van der Waals surface area contributed by atoms with Crippen LogP contribution in [0.1, 0.15) is 25.0 Å². The van der Waals surface area contributed by atoms with Gasteiger partial charge in [-0.05, 0) is 25.0 Å². The lowest BCUT2D eigenvalue weighted by molar-refractivity contribution is 0.152. The van der Waals surface area contributed by atoms with Crippen molar-refractivity contribution in [1.29, 1.82) is 0 Å². The molecule has 0 aliphatic heterocycles. The quantitative estimate of drug-likeness (QED) is 0.415. The number of guanidine groups is 1. The molecule has 0 aromatic heterocycles. The van der Waals surface area contributed by atoms with Crippen molar-refractivity contribution in [3.63, 3.8) is 0 Å². The molecule has 1 aromatic rings. The summed E-state index contributed by atoms with van der Waals surface area (Å²) in [5, 5.41) is 6.48. The highest BCUT2D eigenvalue weighted by Crippen LogP contribution is 2.06. The average Bonchev–Trinajstić information content (AvgIpc) is 2.51. The minimum absolute atomic E-state index is 0.644. The van der Waals surface area contributed by atoms with E-state index in [1.54, 1.807) is 7.11 Å². The van der Waals surface area contributed by atoms with Gasteiger partial charge >= 0.3 is 0 Å². The van der Waals surface area contributed by atoms with E-state index in [0.717, 1.165) is 25.7 Å². The van der Waals surface area contributed by atoms with E-state index in [0.29, 0.717) is 19.8 Å². The van der Waals surface area contributed by atoms with Crippen molar-refractivity contribution >= 4 is 5.96 Å². The SMILES string of the molecule is CCNC(=NCc1ccc(COC)cc1)NCCOCC. The Balaban J connectivity index is 2.47. The van der Waals surface area contributed by atoms with Gasteiger partial charge in [-0.25, -0.2) is 4.99 Å². The standard InChI is InChI=1S/C16H27N3O2/c1-4-17-16(18-10-11-21-5-2)19-12-14-6-8-15(9-7-14)13-20-3/h6-9H,4-5,10-13H2,1-3H3,(H2,17,18,19). The maximum Gasteiger partial charge on any atom is 0.191 e. The number of hydrogen-bond donors (Lipinski definition) is 2. The number of aliphatic imine (C=N–C) groups is 1. The van der Waals surface area contributed by atoms with Crippen molar-refractivity contribution in [2.45, 2.75) is 27.0 Å². The molecule has 0 saturated heterocycles. The van der Waals surface area contributed by atoms with Crippen molar-refractivity contribution in [2.75, 3.05) is 33.4 Å². The molecule has 0 fully saturated rings. The lowest BCUT2D eigenvalue weighted by Gasteiger charge is -2.11. The van der Waals surface area contributed by atoms with Gasteiger partial charge < -0.3 is 20.1 Å². The van der Waals surface area contributed by atoms with Crippen LogP contribution in [-0.2, 0) is 22.6 Å². The molecule has 0 saturated carbocycles. The number of methoxy groups -OCH3 is 1. The van der Waals surface area contributed by atoms with Gasteiger partial charge in [0.2, 0.25) is 0 Å². The van der Waals surface area contributed by atoms with Crippen LogP contribution in [0.25, 0.3) is 0 Å². The summed E-state index contributed by atoms with van der Waals surface area (Å²) in [6.07, 6.45) is 0. The zero-order valence-electron chi connectivity index (χ0n) is 13.3. The molecule has 2 N–H and O–H groups in total. The van der Waals surface area contributed by atoms with Crippen molar-refractivity contribution in [1.82, 2.24) is 10.6 Å².